The van der Waals surface area contributed by atoms with Gasteiger partial charge >= 0.3 is 0 Å². The Kier molecular flexibility index (Phi) is 5.87. The van der Waals surface area contributed by atoms with Gasteiger partial charge in [0.2, 0.25) is 0 Å². The third-order valence-corrected chi connectivity index (χ3v) is 7.61. The van der Waals surface area contributed by atoms with Crippen LogP contribution < -0.4 is 10.2 Å². The molecule has 1 aromatic heterocycles. The lowest BCUT2D eigenvalue weighted by Crippen LogP contribution is -2.33. The summed E-state index contributed by atoms with van der Waals surface area (Å²) in [5, 5.41) is 14.6. The van der Waals surface area contributed by atoms with Gasteiger partial charge in [0.1, 0.15) is 5.69 Å². The maximum absolute atomic E-state index is 12.7. The molecule has 32 heavy (non-hydrogen) atoms. The second kappa shape index (κ2) is 8.47. The number of anilines is 2. The number of carbonyl (C=O) groups excluding carboxylic acids is 1. The van der Waals surface area contributed by atoms with Gasteiger partial charge in [0.05, 0.1) is 20.0 Å². The summed E-state index contributed by atoms with van der Waals surface area (Å²) in [6.07, 6.45) is 3.06. The molecular weight excluding hydrogens is 452 g/mol. The van der Waals surface area contributed by atoms with Crippen molar-refractivity contribution in [1.29, 1.82) is 0 Å². The van der Waals surface area contributed by atoms with Crippen LogP contribution in [0.3, 0.4) is 0 Å². The summed E-state index contributed by atoms with van der Waals surface area (Å²) in [5.41, 5.74) is 1.13. The Morgan fingerprint density at radius 1 is 1.22 bits per heavy atom. The maximum atomic E-state index is 12.7. The largest absolute Gasteiger partial charge is 0.366 e. The molecule has 1 fully saturated rings. The summed E-state index contributed by atoms with van der Waals surface area (Å²) in [7, 11) is -3.36. The fourth-order valence-corrected chi connectivity index (χ4v) is 5.31. The number of amides is 1. The lowest BCUT2D eigenvalue weighted by Gasteiger charge is -2.31. The first-order valence-electron chi connectivity index (χ1n) is 10.1. The molecule has 9 nitrogen and oxygen atoms in total. The van der Waals surface area contributed by atoms with Gasteiger partial charge in [-0.15, -0.1) is 0 Å². The molecule has 0 atom stereocenters. The lowest BCUT2D eigenvalue weighted by molar-refractivity contribution is -0.384. The highest BCUT2D eigenvalue weighted by molar-refractivity contribution is 7.90. The average Bonchev–Trinajstić information content (AvgIpc) is 3.14. The minimum Gasteiger partial charge on any atom is -0.366 e. The van der Waals surface area contributed by atoms with Gasteiger partial charge in [-0.2, -0.15) is 0 Å². The van der Waals surface area contributed by atoms with Crippen molar-refractivity contribution in [2.75, 3.05) is 29.6 Å². The fraction of sp³-hybridized carbons (Fsp3) is 0.333. The Bertz CT molecular complexity index is 1310. The van der Waals surface area contributed by atoms with Crippen molar-refractivity contribution >= 4 is 53.8 Å². The average molecular weight is 475 g/mol. The van der Waals surface area contributed by atoms with Crippen molar-refractivity contribution in [2.24, 2.45) is 5.92 Å². The highest BCUT2D eigenvalue weighted by Crippen LogP contribution is 2.33. The zero-order valence-corrected chi connectivity index (χ0v) is 19.2. The molecule has 0 unspecified atom stereocenters. The first kappa shape index (κ1) is 22.2. The first-order valence-corrected chi connectivity index (χ1v) is 12.8. The van der Waals surface area contributed by atoms with Gasteiger partial charge in [-0.1, -0.05) is 18.3 Å². The first-order chi connectivity index (χ1) is 15.1. The highest BCUT2D eigenvalue weighted by Gasteiger charge is 2.25. The highest BCUT2D eigenvalue weighted by atomic mass is 32.2. The minimum atomic E-state index is -3.36. The van der Waals surface area contributed by atoms with Crippen LogP contribution in [0.5, 0.6) is 0 Å². The van der Waals surface area contributed by atoms with Gasteiger partial charge in [-0.3, -0.25) is 20.2 Å². The van der Waals surface area contributed by atoms with Gasteiger partial charge < -0.3 is 4.90 Å². The van der Waals surface area contributed by atoms with Gasteiger partial charge in [0, 0.05) is 31.0 Å². The third kappa shape index (κ3) is 4.58. The summed E-state index contributed by atoms with van der Waals surface area (Å²) in [4.78, 5) is 30.4. The zero-order valence-electron chi connectivity index (χ0n) is 17.6. The summed E-state index contributed by atoms with van der Waals surface area (Å²) in [6.45, 7) is 3.66. The normalized spacial score (nSPS) is 15.1. The van der Waals surface area contributed by atoms with E-state index in [4.69, 9.17) is 0 Å². The van der Waals surface area contributed by atoms with Crippen LogP contribution in [0.4, 0.5) is 16.5 Å². The summed E-state index contributed by atoms with van der Waals surface area (Å²) >= 11 is 1.14. The number of nitrogens with zero attached hydrogens (tertiary/aromatic N) is 3. The van der Waals surface area contributed by atoms with E-state index in [1.165, 1.54) is 18.2 Å². The number of fused-ring (bicyclic) bond motifs is 1. The Labute approximate surface area is 189 Å². The predicted molar refractivity (Wildman–Crippen MR) is 124 cm³/mol. The number of nitro benzene ring substituents is 1. The van der Waals surface area contributed by atoms with Crippen LogP contribution in [0, 0.1) is 16.0 Å². The van der Waals surface area contributed by atoms with Crippen molar-refractivity contribution in [3.63, 3.8) is 0 Å². The molecule has 0 spiro atoms. The Morgan fingerprint density at radius 3 is 2.59 bits per heavy atom. The van der Waals surface area contributed by atoms with Crippen LogP contribution in [-0.4, -0.2) is 43.6 Å². The van der Waals surface area contributed by atoms with Crippen LogP contribution in [-0.2, 0) is 9.84 Å². The van der Waals surface area contributed by atoms with Crippen LogP contribution in [0.1, 0.15) is 30.1 Å². The molecule has 11 heteroatoms. The number of carbonyl (C=O) groups is 1. The quantitative estimate of drug-likeness (QED) is 0.436. The van der Waals surface area contributed by atoms with Gasteiger partial charge in [0.15, 0.2) is 15.0 Å². The van der Waals surface area contributed by atoms with Crippen molar-refractivity contribution in [1.82, 2.24) is 4.98 Å². The van der Waals surface area contributed by atoms with Crippen molar-refractivity contribution in [3.05, 3.63) is 52.1 Å². The minimum absolute atomic E-state index is 0.103. The monoisotopic (exact) mass is 474 g/mol. The number of thiazole rings is 1. The van der Waals surface area contributed by atoms with E-state index in [9.17, 15) is 23.3 Å². The zero-order chi connectivity index (χ0) is 23.0. The van der Waals surface area contributed by atoms with E-state index < -0.39 is 20.7 Å². The van der Waals surface area contributed by atoms with Crippen LogP contribution in [0.25, 0.3) is 10.2 Å². The van der Waals surface area contributed by atoms with Gasteiger partial charge in [0.25, 0.3) is 11.6 Å². The number of sulfone groups is 1. The van der Waals surface area contributed by atoms with Gasteiger partial charge in [-0.25, -0.2) is 13.4 Å². The SMILES string of the molecule is CC1CCN(c2ccc(C(=O)Nc3nc4ccc(S(C)(=O)=O)cc4s3)cc2[N+](=O)[O-])CC1. The van der Waals surface area contributed by atoms with Crippen molar-refractivity contribution < 1.29 is 18.1 Å². The van der Waals surface area contributed by atoms with E-state index in [0.717, 1.165) is 43.5 Å². The molecule has 0 saturated carbocycles. The van der Waals surface area contributed by atoms with E-state index >= 15 is 0 Å². The molecule has 1 saturated heterocycles. The van der Waals surface area contributed by atoms with Gasteiger partial charge in [-0.05, 0) is 49.1 Å². The van der Waals surface area contributed by atoms with E-state index in [2.05, 4.69) is 17.2 Å². The molecule has 2 heterocycles. The fourth-order valence-electron chi connectivity index (χ4n) is 3.69. The van der Waals surface area contributed by atoms with Crippen LogP contribution in [0.2, 0.25) is 0 Å². The molecule has 3 aromatic rings. The number of aromatic nitrogens is 1. The summed E-state index contributed by atoms with van der Waals surface area (Å²) < 4.78 is 24.1. The van der Waals surface area contributed by atoms with E-state index in [-0.39, 0.29) is 21.3 Å². The van der Waals surface area contributed by atoms with E-state index in [1.807, 2.05) is 4.90 Å². The smallest absolute Gasteiger partial charge is 0.293 e. The molecule has 168 valence electrons. The maximum Gasteiger partial charge on any atom is 0.293 e. The Balaban J connectivity index is 1.58. The molecule has 1 N–H and O–H groups in total. The second-order valence-electron chi connectivity index (χ2n) is 8.01. The number of nitro groups is 1. The molecule has 0 radical (unpaired) electrons. The molecule has 4 rings (SSSR count). The number of rotatable bonds is 5. The molecule has 2 aromatic carbocycles. The Hall–Kier alpha value is -3.05. The summed E-state index contributed by atoms with van der Waals surface area (Å²) in [5.74, 6) is 0.0759. The third-order valence-electron chi connectivity index (χ3n) is 5.57. The van der Waals surface area contributed by atoms with Crippen molar-refractivity contribution in [2.45, 2.75) is 24.7 Å². The molecule has 0 bridgehead atoms. The number of benzene rings is 2. The topological polar surface area (TPSA) is 123 Å². The van der Waals surface area contributed by atoms with E-state index in [0.29, 0.717) is 21.8 Å². The number of hydrogen-bond donors (Lipinski definition) is 1. The summed E-state index contributed by atoms with van der Waals surface area (Å²) in [6, 6.07) is 9.04. The number of nitrogens with one attached hydrogen (secondary N) is 1. The predicted octanol–water partition coefficient (Wildman–Crippen LogP) is 4.10. The number of piperidine rings is 1. The Morgan fingerprint density at radius 2 is 1.94 bits per heavy atom. The van der Waals surface area contributed by atoms with Crippen LogP contribution in [0.15, 0.2) is 41.3 Å². The van der Waals surface area contributed by atoms with Crippen LogP contribution >= 0.6 is 11.3 Å². The van der Waals surface area contributed by atoms with Crippen molar-refractivity contribution in [3.8, 4) is 0 Å². The molecule has 1 amide bonds. The number of hydrogen-bond acceptors (Lipinski definition) is 8. The second-order valence-corrected chi connectivity index (χ2v) is 11.1. The molecule has 0 aliphatic carbocycles. The molecule has 1 aliphatic rings. The van der Waals surface area contributed by atoms with E-state index in [1.54, 1.807) is 18.2 Å². The standard InChI is InChI=1S/C21H22N4O5S2/c1-13-7-9-24(10-8-13)17-6-3-14(11-18(17)25(27)28)20(26)23-21-22-16-5-4-15(32(2,29)30)12-19(16)31-21/h3-6,11-13H,7-10H2,1-2H3,(H,22,23,26). The molecular formula is C21H22N4O5S2. The molecule has 1 aliphatic heterocycles. The lowest BCUT2D eigenvalue weighted by atomic mass is 9.98.